The van der Waals surface area contributed by atoms with Crippen molar-refractivity contribution in [1.29, 1.82) is 5.26 Å². The molecule has 0 aliphatic carbocycles. The normalized spacial score (nSPS) is 10.4. The minimum Gasteiger partial charge on any atom is -0.239 e. The maximum atomic E-state index is 9.26. The molecule has 0 N–H and O–H groups in total. The fraction of sp³-hybridized carbons (Fsp3) is 0.118. The monoisotopic (exact) mass is 308 g/mol. The molecule has 4 nitrogen and oxygen atoms in total. The van der Waals surface area contributed by atoms with E-state index < -0.39 is 0 Å². The number of nitrogens with zero attached hydrogens (tertiary/aromatic N) is 4. The first-order valence-corrected chi connectivity index (χ1v) is 7.20. The lowest BCUT2D eigenvalue weighted by molar-refractivity contribution is 0.655. The van der Waals surface area contributed by atoms with Crippen LogP contribution in [0.3, 0.4) is 0 Å². The van der Waals surface area contributed by atoms with Crippen molar-refractivity contribution in [2.24, 2.45) is 0 Å². The first-order valence-electron chi connectivity index (χ1n) is 6.82. The second-order valence-electron chi connectivity index (χ2n) is 5.05. The number of halogens is 1. The molecule has 0 unspecified atom stereocenters. The summed E-state index contributed by atoms with van der Waals surface area (Å²) in [5, 5.41) is 18.0. The van der Waals surface area contributed by atoms with Crippen LogP contribution in [0.2, 0.25) is 5.02 Å². The summed E-state index contributed by atoms with van der Waals surface area (Å²) in [5.74, 6) is 0. The van der Waals surface area contributed by atoms with Gasteiger partial charge >= 0.3 is 0 Å². The predicted molar refractivity (Wildman–Crippen MR) is 85.5 cm³/mol. The van der Waals surface area contributed by atoms with Crippen molar-refractivity contribution in [1.82, 2.24) is 15.0 Å². The minimum absolute atomic E-state index is 0.314. The largest absolute Gasteiger partial charge is 0.239 e. The molecule has 0 fully saturated rings. The average molecular weight is 309 g/mol. The second kappa shape index (κ2) is 6.00. The van der Waals surface area contributed by atoms with E-state index in [-0.39, 0.29) is 0 Å². The number of aryl methyl sites for hydroxylation is 1. The number of nitriles is 1. The van der Waals surface area contributed by atoms with Gasteiger partial charge in [0.25, 0.3) is 0 Å². The van der Waals surface area contributed by atoms with Gasteiger partial charge in [-0.05, 0) is 24.6 Å². The van der Waals surface area contributed by atoms with E-state index in [1.807, 2.05) is 19.1 Å². The Morgan fingerprint density at radius 2 is 1.77 bits per heavy atom. The van der Waals surface area contributed by atoms with E-state index in [1.54, 1.807) is 16.8 Å². The highest BCUT2D eigenvalue weighted by Crippen LogP contribution is 2.24. The Kier molecular flexibility index (Phi) is 3.90. The van der Waals surface area contributed by atoms with Crippen LogP contribution < -0.4 is 0 Å². The zero-order valence-electron chi connectivity index (χ0n) is 12.0. The molecule has 0 saturated carbocycles. The molecule has 0 radical (unpaired) electrons. The van der Waals surface area contributed by atoms with Gasteiger partial charge < -0.3 is 0 Å². The number of hydrogen-bond donors (Lipinski definition) is 0. The third-order valence-electron chi connectivity index (χ3n) is 3.41. The van der Waals surface area contributed by atoms with Gasteiger partial charge in [-0.2, -0.15) is 5.26 Å². The standard InChI is InChI=1S/C17H13ClN4/c1-12-2-4-13(5-3-12)11-22-17(16(10-19)20-21-22)14-6-8-15(18)9-7-14/h2-9H,11H2,1H3. The fourth-order valence-corrected chi connectivity index (χ4v) is 2.38. The Morgan fingerprint density at radius 3 is 2.41 bits per heavy atom. The van der Waals surface area contributed by atoms with Gasteiger partial charge in [-0.25, -0.2) is 4.68 Å². The van der Waals surface area contributed by atoms with Crippen LogP contribution in [0, 0.1) is 18.3 Å². The van der Waals surface area contributed by atoms with Crippen LogP contribution in [0.5, 0.6) is 0 Å². The van der Waals surface area contributed by atoms with E-state index in [2.05, 4.69) is 40.6 Å². The van der Waals surface area contributed by atoms with Crippen molar-refractivity contribution in [3.63, 3.8) is 0 Å². The van der Waals surface area contributed by atoms with Crippen LogP contribution in [-0.4, -0.2) is 15.0 Å². The van der Waals surface area contributed by atoms with Gasteiger partial charge in [-0.3, -0.25) is 0 Å². The van der Waals surface area contributed by atoms with E-state index in [0.717, 1.165) is 11.1 Å². The number of aromatic nitrogens is 3. The van der Waals surface area contributed by atoms with E-state index in [1.165, 1.54) is 5.56 Å². The summed E-state index contributed by atoms with van der Waals surface area (Å²) in [6.07, 6.45) is 0. The third kappa shape index (κ3) is 2.85. The van der Waals surface area contributed by atoms with Crippen LogP contribution in [0.1, 0.15) is 16.8 Å². The summed E-state index contributed by atoms with van der Waals surface area (Å²) in [6.45, 7) is 2.61. The molecular weight excluding hydrogens is 296 g/mol. The molecule has 1 aromatic heterocycles. The summed E-state index contributed by atoms with van der Waals surface area (Å²) in [7, 11) is 0. The highest BCUT2D eigenvalue weighted by Gasteiger charge is 2.15. The lowest BCUT2D eigenvalue weighted by Crippen LogP contribution is -2.04. The molecule has 108 valence electrons. The first kappa shape index (κ1) is 14.3. The van der Waals surface area contributed by atoms with Crippen molar-refractivity contribution >= 4 is 11.6 Å². The summed E-state index contributed by atoms with van der Waals surface area (Å²) < 4.78 is 1.74. The first-order chi connectivity index (χ1) is 10.7. The van der Waals surface area contributed by atoms with Crippen molar-refractivity contribution in [3.8, 4) is 17.3 Å². The lowest BCUT2D eigenvalue weighted by atomic mass is 10.1. The van der Waals surface area contributed by atoms with Gasteiger partial charge in [0.2, 0.25) is 0 Å². The Labute approximate surface area is 133 Å². The van der Waals surface area contributed by atoms with Gasteiger partial charge in [0.05, 0.1) is 6.54 Å². The summed E-state index contributed by atoms with van der Waals surface area (Å²) in [4.78, 5) is 0. The van der Waals surface area contributed by atoms with E-state index in [4.69, 9.17) is 11.6 Å². The van der Waals surface area contributed by atoms with Gasteiger partial charge in [-0.1, -0.05) is 58.8 Å². The molecule has 1 heterocycles. The van der Waals surface area contributed by atoms with Crippen LogP contribution in [0.15, 0.2) is 48.5 Å². The van der Waals surface area contributed by atoms with Crippen molar-refractivity contribution in [2.45, 2.75) is 13.5 Å². The topological polar surface area (TPSA) is 54.5 Å². The molecule has 5 heteroatoms. The molecule has 0 amide bonds. The predicted octanol–water partition coefficient (Wildman–Crippen LogP) is 3.83. The zero-order valence-corrected chi connectivity index (χ0v) is 12.7. The SMILES string of the molecule is Cc1ccc(Cn2nnc(C#N)c2-c2ccc(Cl)cc2)cc1. The molecule has 3 rings (SSSR count). The summed E-state index contributed by atoms with van der Waals surface area (Å²) in [5.41, 5.74) is 4.21. The van der Waals surface area contributed by atoms with Crippen molar-refractivity contribution in [3.05, 3.63) is 70.4 Å². The minimum atomic E-state index is 0.314. The average Bonchev–Trinajstić information content (AvgIpc) is 2.93. The Balaban J connectivity index is 2.02. The molecule has 0 aliphatic heterocycles. The van der Waals surface area contributed by atoms with E-state index in [0.29, 0.717) is 23.0 Å². The number of benzene rings is 2. The number of rotatable bonds is 3. The second-order valence-corrected chi connectivity index (χ2v) is 5.49. The van der Waals surface area contributed by atoms with Gasteiger partial charge in [-0.15, -0.1) is 5.10 Å². The molecule has 2 aromatic carbocycles. The maximum absolute atomic E-state index is 9.26. The molecule has 0 aliphatic rings. The van der Waals surface area contributed by atoms with Crippen molar-refractivity contribution in [2.75, 3.05) is 0 Å². The lowest BCUT2D eigenvalue weighted by Gasteiger charge is -2.07. The molecule has 3 aromatic rings. The highest BCUT2D eigenvalue weighted by atomic mass is 35.5. The molecule has 0 bridgehead atoms. The molecule has 22 heavy (non-hydrogen) atoms. The molecule has 0 atom stereocenters. The van der Waals surface area contributed by atoms with Crippen molar-refractivity contribution < 1.29 is 0 Å². The van der Waals surface area contributed by atoms with Crippen LogP contribution in [-0.2, 0) is 6.54 Å². The number of hydrogen-bond acceptors (Lipinski definition) is 3. The Hall–Kier alpha value is -2.64. The summed E-state index contributed by atoms with van der Waals surface area (Å²) >= 11 is 5.93. The van der Waals surface area contributed by atoms with Crippen LogP contribution in [0.25, 0.3) is 11.3 Å². The highest BCUT2D eigenvalue weighted by molar-refractivity contribution is 6.30. The van der Waals surface area contributed by atoms with E-state index >= 15 is 0 Å². The fourth-order valence-electron chi connectivity index (χ4n) is 2.26. The third-order valence-corrected chi connectivity index (χ3v) is 3.66. The molecule has 0 spiro atoms. The Morgan fingerprint density at radius 1 is 1.09 bits per heavy atom. The quantitative estimate of drug-likeness (QED) is 0.739. The zero-order chi connectivity index (χ0) is 15.5. The van der Waals surface area contributed by atoms with Gasteiger partial charge in [0.1, 0.15) is 11.8 Å². The molecule has 0 saturated heterocycles. The van der Waals surface area contributed by atoms with E-state index in [9.17, 15) is 5.26 Å². The Bertz CT molecular complexity index is 827. The van der Waals surface area contributed by atoms with Gasteiger partial charge in [0.15, 0.2) is 5.69 Å². The maximum Gasteiger partial charge on any atom is 0.190 e. The van der Waals surface area contributed by atoms with Crippen LogP contribution >= 0.6 is 11.6 Å². The molecular formula is C17H13ClN4. The summed E-state index contributed by atoms with van der Waals surface area (Å²) in [6, 6.07) is 17.6. The smallest absolute Gasteiger partial charge is 0.190 e. The van der Waals surface area contributed by atoms with Gasteiger partial charge in [0, 0.05) is 10.6 Å². The van der Waals surface area contributed by atoms with Crippen LogP contribution in [0.4, 0.5) is 0 Å².